The Morgan fingerprint density at radius 3 is 2.65 bits per heavy atom. The standard InChI is InChI=1S/C14H21N3O2S/c1-16(2)13(18)10-17(3)7-8-19-12-6-4-5-11(9-12)14(15)20/h4-6,9H,7-8,10H2,1-3H3,(H2,15,20). The van der Waals surface area contributed by atoms with Crippen LogP contribution < -0.4 is 10.5 Å². The first-order valence-corrected chi connectivity index (χ1v) is 6.72. The van der Waals surface area contributed by atoms with Crippen molar-refractivity contribution in [3.8, 4) is 5.75 Å². The van der Waals surface area contributed by atoms with Crippen molar-refractivity contribution in [3.63, 3.8) is 0 Å². The van der Waals surface area contributed by atoms with Crippen LogP contribution in [0.4, 0.5) is 0 Å². The van der Waals surface area contributed by atoms with Crippen LogP contribution >= 0.6 is 12.2 Å². The zero-order chi connectivity index (χ0) is 15.1. The SMILES string of the molecule is CN(CCOc1cccc(C(N)=S)c1)CC(=O)N(C)C. The van der Waals surface area contributed by atoms with Crippen molar-refractivity contribution in [2.75, 3.05) is 40.8 Å². The smallest absolute Gasteiger partial charge is 0.236 e. The monoisotopic (exact) mass is 295 g/mol. The molecule has 0 spiro atoms. The molecule has 20 heavy (non-hydrogen) atoms. The molecule has 0 fully saturated rings. The molecule has 0 unspecified atom stereocenters. The molecule has 0 bridgehead atoms. The summed E-state index contributed by atoms with van der Waals surface area (Å²) in [4.78, 5) is 15.4. The van der Waals surface area contributed by atoms with E-state index in [4.69, 9.17) is 22.7 Å². The third kappa shape index (κ3) is 5.54. The number of likely N-dealkylation sites (N-methyl/N-ethyl adjacent to an activating group) is 2. The molecule has 2 N–H and O–H groups in total. The van der Waals surface area contributed by atoms with E-state index in [0.717, 1.165) is 11.3 Å². The second-order valence-electron chi connectivity index (χ2n) is 4.77. The molecule has 1 rings (SSSR count). The zero-order valence-electron chi connectivity index (χ0n) is 12.1. The molecule has 0 aliphatic carbocycles. The molecule has 1 aromatic carbocycles. The lowest BCUT2D eigenvalue weighted by atomic mass is 10.2. The van der Waals surface area contributed by atoms with Gasteiger partial charge in [-0.15, -0.1) is 0 Å². The van der Waals surface area contributed by atoms with E-state index in [1.807, 2.05) is 36.2 Å². The van der Waals surface area contributed by atoms with Crippen molar-refractivity contribution >= 4 is 23.1 Å². The van der Waals surface area contributed by atoms with E-state index >= 15 is 0 Å². The second kappa shape index (κ2) is 7.81. The van der Waals surface area contributed by atoms with Gasteiger partial charge in [0.05, 0.1) is 6.54 Å². The Balaban J connectivity index is 2.39. The first-order chi connectivity index (χ1) is 9.40. The first-order valence-electron chi connectivity index (χ1n) is 6.31. The van der Waals surface area contributed by atoms with Crippen molar-refractivity contribution in [2.45, 2.75) is 0 Å². The minimum atomic E-state index is 0.0722. The van der Waals surface area contributed by atoms with Crippen molar-refractivity contribution in [1.29, 1.82) is 0 Å². The van der Waals surface area contributed by atoms with Crippen LogP contribution in [0.3, 0.4) is 0 Å². The summed E-state index contributed by atoms with van der Waals surface area (Å²) in [5, 5.41) is 0. The van der Waals surface area contributed by atoms with Gasteiger partial charge in [0.15, 0.2) is 0 Å². The van der Waals surface area contributed by atoms with Crippen LogP contribution in [-0.4, -0.2) is 61.5 Å². The van der Waals surface area contributed by atoms with Crippen molar-refractivity contribution in [3.05, 3.63) is 29.8 Å². The number of benzene rings is 1. The number of amides is 1. The average Bonchev–Trinajstić information content (AvgIpc) is 2.38. The Morgan fingerprint density at radius 1 is 1.35 bits per heavy atom. The summed E-state index contributed by atoms with van der Waals surface area (Å²) in [6.07, 6.45) is 0. The van der Waals surface area contributed by atoms with Gasteiger partial charge in [-0.05, 0) is 19.2 Å². The van der Waals surface area contributed by atoms with Gasteiger partial charge in [-0.25, -0.2) is 0 Å². The zero-order valence-corrected chi connectivity index (χ0v) is 12.9. The Labute approximate surface area is 125 Å². The van der Waals surface area contributed by atoms with E-state index < -0.39 is 0 Å². The Hall–Kier alpha value is -1.66. The van der Waals surface area contributed by atoms with E-state index in [2.05, 4.69) is 0 Å². The number of hydrogen-bond donors (Lipinski definition) is 1. The molecule has 0 aliphatic heterocycles. The number of hydrogen-bond acceptors (Lipinski definition) is 4. The van der Waals surface area contributed by atoms with Crippen LogP contribution in [0.15, 0.2) is 24.3 Å². The fourth-order valence-corrected chi connectivity index (χ4v) is 1.64. The van der Waals surface area contributed by atoms with Gasteiger partial charge >= 0.3 is 0 Å². The highest BCUT2D eigenvalue weighted by Gasteiger charge is 2.08. The predicted molar refractivity (Wildman–Crippen MR) is 84.0 cm³/mol. The van der Waals surface area contributed by atoms with Gasteiger partial charge in [0.25, 0.3) is 0 Å². The Morgan fingerprint density at radius 2 is 2.05 bits per heavy atom. The fraction of sp³-hybridized carbons (Fsp3) is 0.429. The molecule has 0 atom stereocenters. The van der Waals surface area contributed by atoms with E-state index in [1.165, 1.54) is 0 Å². The highest BCUT2D eigenvalue weighted by molar-refractivity contribution is 7.80. The lowest BCUT2D eigenvalue weighted by molar-refractivity contribution is -0.129. The van der Waals surface area contributed by atoms with Gasteiger partial charge in [0.1, 0.15) is 17.3 Å². The van der Waals surface area contributed by atoms with E-state index in [0.29, 0.717) is 24.7 Å². The molecule has 0 radical (unpaired) electrons. The first kappa shape index (κ1) is 16.4. The summed E-state index contributed by atoms with van der Waals surface area (Å²) < 4.78 is 5.63. The molecule has 0 aromatic heterocycles. The number of rotatable bonds is 7. The highest BCUT2D eigenvalue weighted by atomic mass is 32.1. The molecule has 0 heterocycles. The Kier molecular flexibility index (Phi) is 6.41. The largest absolute Gasteiger partial charge is 0.492 e. The van der Waals surface area contributed by atoms with Crippen LogP contribution in [0.25, 0.3) is 0 Å². The quantitative estimate of drug-likeness (QED) is 0.751. The fourth-order valence-electron chi connectivity index (χ4n) is 1.51. The van der Waals surface area contributed by atoms with Gasteiger partial charge in [0.2, 0.25) is 5.91 Å². The number of carbonyl (C=O) groups excluding carboxylic acids is 1. The lowest BCUT2D eigenvalue weighted by Gasteiger charge is -2.19. The van der Waals surface area contributed by atoms with Crippen LogP contribution in [0.2, 0.25) is 0 Å². The summed E-state index contributed by atoms with van der Waals surface area (Å²) in [7, 11) is 5.37. The van der Waals surface area contributed by atoms with Gasteiger partial charge in [-0.1, -0.05) is 24.4 Å². The third-order valence-electron chi connectivity index (χ3n) is 2.76. The number of carbonyl (C=O) groups is 1. The molecular weight excluding hydrogens is 274 g/mol. The van der Waals surface area contributed by atoms with E-state index in [1.54, 1.807) is 19.0 Å². The number of thiocarbonyl (C=S) groups is 1. The topological polar surface area (TPSA) is 58.8 Å². The maximum absolute atomic E-state index is 11.5. The number of ether oxygens (including phenoxy) is 1. The average molecular weight is 295 g/mol. The van der Waals surface area contributed by atoms with Crippen LogP contribution in [0.5, 0.6) is 5.75 Å². The lowest BCUT2D eigenvalue weighted by Crippen LogP contribution is -2.36. The predicted octanol–water partition coefficient (Wildman–Crippen LogP) is 0.720. The molecular formula is C14H21N3O2S. The van der Waals surface area contributed by atoms with Crippen LogP contribution in [0.1, 0.15) is 5.56 Å². The maximum atomic E-state index is 11.5. The molecule has 6 heteroatoms. The van der Waals surface area contributed by atoms with E-state index in [9.17, 15) is 4.79 Å². The van der Waals surface area contributed by atoms with E-state index in [-0.39, 0.29) is 5.91 Å². The summed E-state index contributed by atoms with van der Waals surface area (Å²) >= 11 is 4.92. The molecule has 1 aromatic rings. The highest BCUT2D eigenvalue weighted by Crippen LogP contribution is 2.13. The minimum absolute atomic E-state index is 0.0722. The van der Waals surface area contributed by atoms with Crippen molar-refractivity contribution in [1.82, 2.24) is 9.80 Å². The maximum Gasteiger partial charge on any atom is 0.236 e. The van der Waals surface area contributed by atoms with Crippen molar-refractivity contribution in [2.24, 2.45) is 5.73 Å². The summed E-state index contributed by atoms with van der Waals surface area (Å²) in [6, 6.07) is 7.36. The normalized spacial score (nSPS) is 10.4. The minimum Gasteiger partial charge on any atom is -0.492 e. The third-order valence-corrected chi connectivity index (χ3v) is 3.00. The molecule has 0 saturated carbocycles. The number of nitrogens with zero attached hydrogens (tertiary/aromatic N) is 2. The summed E-state index contributed by atoms with van der Waals surface area (Å²) in [6.45, 7) is 1.54. The molecule has 0 aliphatic rings. The summed E-state index contributed by atoms with van der Waals surface area (Å²) in [5.41, 5.74) is 6.35. The summed E-state index contributed by atoms with van der Waals surface area (Å²) in [5.74, 6) is 0.797. The van der Waals surface area contributed by atoms with Crippen molar-refractivity contribution < 1.29 is 9.53 Å². The van der Waals surface area contributed by atoms with Crippen LogP contribution in [-0.2, 0) is 4.79 Å². The van der Waals surface area contributed by atoms with Gasteiger partial charge in [0, 0.05) is 26.2 Å². The molecule has 110 valence electrons. The van der Waals surface area contributed by atoms with Gasteiger partial charge in [-0.2, -0.15) is 0 Å². The Bertz CT molecular complexity index is 477. The molecule has 0 saturated heterocycles. The van der Waals surface area contributed by atoms with Gasteiger partial charge in [-0.3, -0.25) is 9.69 Å². The second-order valence-corrected chi connectivity index (χ2v) is 5.21. The van der Waals surface area contributed by atoms with Crippen LogP contribution in [0, 0.1) is 0 Å². The molecule has 1 amide bonds. The molecule has 5 nitrogen and oxygen atoms in total. The number of nitrogens with two attached hydrogens (primary N) is 1. The van der Waals surface area contributed by atoms with Gasteiger partial charge < -0.3 is 15.4 Å².